The van der Waals surface area contributed by atoms with Gasteiger partial charge in [-0.3, -0.25) is 4.79 Å². The third-order valence-electron chi connectivity index (χ3n) is 5.72. The number of amides is 1. The minimum atomic E-state index is -0.523. The second-order valence-corrected chi connectivity index (χ2v) is 11.5. The van der Waals surface area contributed by atoms with E-state index in [1.807, 2.05) is 79.7 Å². The lowest BCUT2D eigenvalue weighted by atomic mass is 10.1. The van der Waals surface area contributed by atoms with Gasteiger partial charge in [-0.05, 0) is 43.7 Å². The van der Waals surface area contributed by atoms with E-state index in [2.05, 4.69) is 33.1 Å². The van der Waals surface area contributed by atoms with Gasteiger partial charge in [0.15, 0.2) is 9.50 Å². The number of thioether (sulfide) groups is 2. The van der Waals surface area contributed by atoms with E-state index in [4.69, 9.17) is 9.72 Å². The molecule has 1 atom stereocenters. The Kier molecular flexibility index (Phi) is 8.62. The van der Waals surface area contributed by atoms with E-state index in [0.29, 0.717) is 35.5 Å². The molecular formula is C28H27N5O2S3. The number of nitrogens with zero attached hydrogens (tertiary/aromatic N) is 4. The van der Waals surface area contributed by atoms with Gasteiger partial charge in [-0.2, -0.15) is 0 Å². The molecule has 194 valence electrons. The van der Waals surface area contributed by atoms with E-state index < -0.39 is 5.25 Å². The topological polar surface area (TPSA) is 81.9 Å². The summed E-state index contributed by atoms with van der Waals surface area (Å²) in [5.41, 5.74) is 2.54. The Hall–Kier alpha value is -3.34. The summed E-state index contributed by atoms with van der Waals surface area (Å²) in [5.74, 6) is 1.99. The first-order valence-corrected chi connectivity index (χ1v) is 15.0. The number of carbonyl (C=O) groups is 1. The van der Waals surface area contributed by atoms with E-state index in [0.717, 1.165) is 21.2 Å². The number of nitrogens with one attached hydrogen (secondary N) is 1. The SMILES string of the molecule is CCOc1ccccc1NC(=O)C(Sc1nnc(CSc2nc3ccccc3s2)n1CC)c1ccccc1. The molecule has 0 aliphatic carbocycles. The monoisotopic (exact) mass is 561 g/mol. The normalized spacial score (nSPS) is 11.9. The first kappa shape index (κ1) is 26.3. The molecule has 0 spiro atoms. The highest BCUT2D eigenvalue weighted by molar-refractivity contribution is 8.00. The van der Waals surface area contributed by atoms with Crippen LogP contribution in [0.4, 0.5) is 5.69 Å². The fourth-order valence-electron chi connectivity index (χ4n) is 3.93. The Morgan fingerprint density at radius 3 is 2.55 bits per heavy atom. The molecule has 2 heterocycles. The molecule has 0 aliphatic heterocycles. The molecule has 0 saturated carbocycles. The lowest BCUT2D eigenvalue weighted by molar-refractivity contribution is -0.115. The van der Waals surface area contributed by atoms with Crippen molar-refractivity contribution >= 4 is 56.7 Å². The van der Waals surface area contributed by atoms with Crippen LogP contribution in [0.15, 0.2) is 88.4 Å². The highest BCUT2D eigenvalue weighted by Crippen LogP contribution is 2.38. The predicted molar refractivity (Wildman–Crippen MR) is 156 cm³/mol. The summed E-state index contributed by atoms with van der Waals surface area (Å²) in [7, 11) is 0. The van der Waals surface area contributed by atoms with Gasteiger partial charge >= 0.3 is 0 Å². The fraction of sp³-hybridized carbons (Fsp3) is 0.214. The summed E-state index contributed by atoms with van der Waals surface area (Å²) in [5, 5.41) is 12.2. The number of aromatic nitrogens is 4. The van der Waals surface area contributed by atoms with Crippen LogP contribution in [-0.2, 0) is 17.1 Å². The average molecular weight is 562 g/mol. The standard InChI is InChI=1S/C28H27N5O2S3/c1-3-33-24(18-36-28-30-21-15-9-11-17-23(21)37-28)31-32-27(33)38-25(19-12-6-5-7-13-19)26(34)29-20-14-8-10-16-22(20)35-4-2/h5-17,25H,3-4,18H2,1-2H3,(H,29,34). The van der Waals surface area contributed by atoms with Gasteiger partial charge in [0.25, 0.3) is 0 Å². The second-order valence-electron chi connectivity index (χ2n) is 8.21. The minimum absolute atomic E-state index is 0.149. The molecule has 0 bridgehead atoms. The predicted octanol–water partition coefficient (Wildman–Crippen LogP) is 7.07. The quantitative estimate of drug-likeness (QED) is 0.173. The summed E-state index contributed by atoms with van der Waals surface area (Å²) >= 11 is 4.73. The van der Waals surface area contributed by atoms with Crippen molar-refractivity contribution in [3.63, 3.8) is 0 Å². The molecule has 5 aromatic rings. The zero-order chi connectivity index (χ0) is 26.3. The third-order valence-corrected chi connectivity index (χ3v) is 9.13. The van der Waals surface area contributed by atoms with Crippen LogP contribution in [-0.4, -0.2) is 32.3 Å². The molecule has 1 amide bonds. The summed E-state index contributed by atoms with van der Waals surface area (Å²) in [4.78, 5) is 18.3. The van der Waals surface area contributed by atoms with Crippen LogP contribution >= 0.6 is 34.9 Å². The van der Waals surface area contributed by atoms with Crippen molar-refractivity contribution in [3.8, 4) is 5.75 Å². The van der Waals surface area contributed by atoms with Crippen molar-refractivity contribution in [1.29, 1.82) is 0 Å². The van der Waals surface area contributed by atoms with Crippen LogP contribution in [0.25, 0.3) is 10.2 Å². The Bertz CT molecular complexity index is 1490. The Morgan fingerprint density at radius 1 is 1.00 bits per heavy atom. The molecule has 5 rings (SSSR count). The van der Waals surface area contributed by atoms with Gasteiger partial charge in [-0.25, -0.2) is 4.98 Å². The molecule has 1 N–H and O–H groups in total. The van der Waals surface area contributed by atoms with Crippen molar-refractivity contribution in [1.82, 2.24) is 19.7 Å². The number of carbonyl (C=O) groups excluding carboxylic acids is 1. The van der Waals surface area contributed by atoms with Crippen LogP contribution in [0.1, 0.15) is 30.5 Å². The maximum Gasteiger partial charge on any atom is 0.242 e. The summed E-state index contributed by atoms with van der Waals surface area (Å²) in [6.45, 7) is 5.20. The number of ether oxygens (including phenoxy) is 1. The highest BCUT2D eigenvalue weighted by atomic mass is 32.2. The van der Waals surface area contributed by atoms with Gasteiger partial charge in [0.05, 0.1) is 28.3 Å². The van der Waals surface area contributed by atoms with Crippen LogP contribution in [0.5, 0.6) is 5.75 Å². The van der Waals surface area contributed by atoms with E-state index in [1.165, 1.54) is 16.5 Å². The number of para-hydroxylation sites is 3. The molecule has 38 heavy (non-hydrogen) atoms. The molecule has 10 heteroatoms. The Labute approximate surface area is 234 Å². The van der Waals surface area contributed by atoms with Gasteiger partial charge in [-0.15, -0.1) is 21.5 Å². The third kappa shape index (κ3) is 6.03. The molecule has 0 fully saturated rings. The molecule has 1 unspecified atom stereocenters. The van der Waals surface area contributed by atoms with Crippen molar-refractivity contribution in [2.75, 3.05) is 11.9 Å². The van der Waals surface area contributed by atoms with Crippen LogP contribution in [0.2, 0.25) is 0 Å². The van der Waals surface area contributed by atoms with Gasteiger partial charge in [0.1, 0.15) is 16.8 Å². The van der Waals surface area contributed by atoms with Crippen LogP contribution in [0.3, 0.4) is 0 Å². The second kappa shape index (κ2) is 12.5. The van der Waals surface area contributed by atoms with Gasteiger partial charge in [-0.1, -0.05) is 78.1 Å². The maximum absolute atomic E-state index is 13.6. The number of hydrogen-bond donors (Lipinski definition) is 1. The van der Waals surface area contributed by atoms with Gasteiger partial charge < -0.3 is 14.6 Å². The number of anilines is 1. The molecule has 3 aromatic carbocycles. The molecule has 0 radical (unpaired) electrons. The number of rotatable bonds is 11. The molecule has 7 nitrogen and oxygen atoms in total. The Morgan fingerprint density at radius 2 is 1.76 bits per heavy atom. The molecule has 0 saturated heterocycles. The largest absolute Gasteiger partial charge is 0.492 e. The molecule has 0 aliphatic rings. The lowest BCUT2D eigenvalue weighted by Gasteiger charge is -2.18. The smallest absolute Gasteiger partial charge is 0.242 e. The van der Waals surface area contributed by atoms with Gasteiger partial charge in [0.2, 0.25) is 5.91 Å². The summed E-state index contributed by atoms with van der Waals surface area (Å²) in [6, 6.07) is 25.4. The Balaban J connectivity index is 1.36. The summed E-state index contributed by atoms with van der Waals surface area (Å²) < 4.78 is 9.95. The first-order chi connectivity index (χ1) is 18.7. The minimum Gasteiger partial charge on any atom is -0.492 e. The van der Waals surface area contributed by atoms with Crippen molar-refractivity contribution < 1.29 is 9.53 Å². The first-order valence-electron chi connectivity index (χ1n) is 12.3. The molecular weight excluding hydrogens is 535 g/mol. The average Bonchev–Trinajstić information content (AvgIpc) is 3.55. The van der Waals surface area contributed by atoms with Crippen molar-refractivity contribution in [2.45, 2.75) is 40.9 Å². The highest BCUT2D eigenvalue weighted by Gasteiger charge is 2.26. The zero-order valence-corrected chi connectivity index (χ0v) is 23.5. The van der Waals surface area contributed by atoms with Crippen molar-refractivity contribution in [3.05, 3.63) is 90.3 Å². The van der Waals surface area contributed by atoms with Crippen LogP contribution in [0, 0.1) is 0 Å². The van der Waals surface area contributed by atoms with Crippen molar-refractivity contribution in [2.24, 2.45) is 0 Å². The number of benzene rings is 3. The molecule has 2 aromatic heterocycles. The number of thiazole rings is 1. The van der Waals surface area contributed by atoms with E-state index in [-0.39, 0.29) is 5.91 Å². The zero-order valence-electron chi connectivity index (χ0n) is 21.0. The lowest BCUT2D eigenvalue weighted by Crippen LogP contribution is -2.20. The number of fused-ring (bicyclic) bond motifs is 1. The van der Waals surface area contributed by atoms with Gasteiger partial charge in [0, 0.05) is 6.54 Å². The van der Waals surface area contributed by atoms with Crippen LogP contribution < -0.4 is 10.1 Å². The number of hydrogen-bond acceptors (Lipinski definition) is 8. The van der Waals surface area contributed by atoms with E-state index in [9.17, 15) is 4.79 Å². The summed E-state index contributed by atoms with van der Waals surface area (Å²) in [6.07, 6.45) is 0. The van der Waals surface area contributed by atoms with E-state index >= 15 is 0 Å². The maximum atomic E-state index is 13.6. The van der Waals surface area contributed by atoms with E-state index in [1.54, 1.807) is 23.1 Å². The fourth-order valence-corrected chi connectivity index (χ4v) is 7.05.